The number of anilines is 1. The molecule has 0 unspecified atom stereocenters. The predicted octanol–water partition coefficient (Wildman–Crippen LogP) is 1.82. The molecule has 3 rings (SSSR count). The van der Waals surface area contributed by atoms with Gasteiger partial charge in [-0.3, -0.25) is 0 Å². The Morgan fingerprint density at radius 1 is 1.10 bits per heavy atom. The van der Waals surface area contributed by atoms with Crippen molar-refractivity contribution in [1.82, 2.24) is 14.5 Å². The molecule has 106 valence electrons. The number of nitrogens with zero attached hydrogens (tertiary/aromatic N) is 4. The second kappa shape index (κ2) is 5.63. The van der Waals surface area contributed by atoms with Crippen molar-refractivity contribution >= 4 is 5.95 Å². The number of imidazole rings is 1. The van der Waals surface area contributed by atoms with Crippen molar-refractivity contribution < 1.29 is 4.39 Å². The first-order valence-electron chi connectivity index (χ1n) is 6.91. The lowest BCUT2D eigenvalue weighted by Gasteiger charge is -2.33. The Hall–Kier alpha value is -1.88. The molecule has 0 N–H and O–H groups in total. The molecule has 1 aliphatic rings. The minimum absolute atomic E-state index is 0.196. The summed E-state index contributed by atoms with van der Waals surface area (Å²) in [6.07, 6.45) is 3.81. The molecule has 4 nitrogen and oxygen atoms in total. The zero-order valence-corrected chi connectivity index (χ0v) is 11.7. The normalized spacial score (nSPS) is 16.6. The molecule has 0 bridgehead atoms. The third kappa shape index (κ3) is 2.82. The average molecular weight is 274 g/mol. The Balaban J connectivity index is 1.74. The summed E-state index contributed by atoms with van der Waals surface area (Å²) < 4.78 is 15.1. The van der Waals surface area contributed by atoms with E-state index in [2.05, 4.69) is 26.4 Å². The van der Waals surface area contributed by atoms with Gasteiger partial charge in [0.1, 0.15) is 5.82 Å². The molecule has 0 radical (unpaired) electrons. The van der Waals surface area contributed by atoms with Crippen LogP contribution in [0.2, 0.25) is 0 Å². The molecule has 1 aromatic heterocycles. The summed E-state index contributed by atoms with van der Waals surface area (Å²) in [7, 11) is 2.14. The average Bonchev–Trinajstić information content (AvgIpc) is 2.90. The largest absolute Gasteiger partial charge is 0.340 e. The molecule has 1 aromatic carbocycles. The van der Waals surface area contributed by atoms with Crippen LogP contribution in [-0.2, 0) is 6.54 Å². The number of hydrogen-bond acceptors (Lipinski definition) is 3. The van der Waals surface area contributed by atoms with Crippen LogP contribution in [0.1, 0.15) is 5.56 Å². The summed E-state index contributed by atoms with van der Waals surface area (Å²) in [4.78, 5) is 9.11. The summed E-state index contributed by atoms with van der Waals surface area (Å²) in [6.45, 7) is 4.84. The van der Waals surface area contributed by atoms with Crippen molar-refractivity contribution in [3.8, 4) is 0 Å². The van der Waals surface area contributed by atoms with Gasteiger partial charge < -0.3 is 14.4 Å². The van der Waals surface area contributed by atoms with Gasteiger partial charge in [-0.15, -0.1) is 0 Å². The van der Waals surface area contributed by atoms with E-state index >= 15 is 0 Å². The standard InChI is InChI=1S/C15H19FN4/c1-18-8-10-19(11-9-18)15-17-6-7-20(15)12-13-2-4-14(16)5-3-13/h2-7H,8-12H2,1H3. The minimum Gasteiger partial charge on any atom is -0.340 e. The molecule has 1 saturated heterocycles. The first kappa shape index (κ1) is 13.1. The summed E-state index contributed by atoms with van der Waals surface area (Å²) in [5, 5.41) is 0. The van der Waals surface area contributed by atoms with Crippen LogP contribution in [0.3, 0.4) is 0 Å². The Bertz CT molecular complexity index is 556. The molecule has 1 aliphatic heterocycles. The Morgan fingerprint density at radius 3 is 2.50 bits per heavy atom. The van der Waals surface area contributed by atoms with E-state index in [4.69, 9.17) is 0 Å². The molecule has 0 spiro atoms. The lowest BCUT2D eigenvalue weighted by Crippen LogP contribution is -2.45. The highest BCUT2D eigenvalue weighted by Crippen LogP contribution is 2.16. The zero-order valence-electron chi connectivity index (χ0n) is 11.7. The smallest absolute Gasteiger partial charge is 0.205 e. The highest BCUT2D eigenvalue weighted by atomic mass is 19.1. The van der Waals surface area contributed by atoms with Gasteiger partial charge >= 0.3 is 0 Å². The van der Waals surface area contributed by atoms with Crippen LogP contribution in [-0.4, -0.2) is 47.7 Å². The Labute approximate surface area is 118 Å². The van der Waals surface area contributed by atoms with Gasteiger partial charge in [0, 0.05) is 38.6 Å². The lowest BCUT2D eigenvalue weighted by atomic mass is 10.2. The lowest BCUT2D eigenvalue weighted by molar-refractivity contribution is 0.310. The molecule has 20 heavy (non-hydrogen) atoms. The topological polar surface area (TPSA) is 24.3 Å². The van der Waals surface area contributed by atoms with E-state index < -0.39 is 0 Å². The summed E-state index contributed by atoms with van der Waals surface area (Å²) in [6, 6.07) is 6.65. The quantitative estimate of drug-likeness (QED) is 0.853. The third-order valence-corrected chi connectivity index (χ3v) is 3.75. The molecule has 0 amide bonds. The van der Waals surface area contributed by atoms with Crippen molar-refractivity contribution in [3.05, 3.63) is 48.0 Å². The molecule has 0 aliphatic carbocycles. The number of likely N-dealkylation sites (N-methyl/N-ethyl adjacent to an activating group) is 1. The number of benzene rings is 1. The van der Waals surface area contributed by atoms with Gasteiger partial charge in [0.15, 0.2) is 0 Å². The van der Waals surface area contributed by atoms with E-state index in [-0.39, 0.29) is 5.82 Å². The summed E-state index contributed by atoms with van der Waals surface area (Å²) in [5.41, 5.74) is 1.08. The van der Waals surface area contributed by atoms with E-state index in [1.54, 1.807) is 0 Å². The first-order valence-corrected chi connectivity index (χ1v) is 6.91. The van der Waals surface area contributed by atoms with Crippen LogP contribution in [0.15, 0.2) is 36.7 Å². The van der Waals surface area contributed by atoms with Crippen LogP contribution in [0.5, 0.6) is 0 Å². The van der Waals surface area contributed by atoms with Gasteiger partial charge in [-0.05, 0) is 24.7 Å². The van der Waals surface area contributed by atoms with Gasteiger partial charge in [0.05, 0.1) is 6.54 Å². The molecular formula is C15H19FN4. The monoisotopic (exact) mass is 274 g/mol. The zero-order chi connectivity index (χ0) is 13.9. The number of piperazine rings is 1. The van der Waals surface area contributed by atoms with Crippen LogP contribution < -0.4 is 4.90 Å². The first-order chi connectivity index (χ1) is 9.72. The van der Waals surface area contributed by atoms with Gasteiger partial charge in [0.25, 0.3) is 0 Å². The van der Waals surface area contributed by atoms with E-state index in [0.717, 1.165) is 44.2 Å². The van der Waals surface area contributed by atoms with Crippen LogP contribution in [0.4, 0.5) is 10.3 Å². The molecule has 5 heteroatoms. The molecule has 2 aromatic rings. The predicted molar refractivity (Wildman–Crippen MR) is 77.4 cm³/mol. The summed E-state index contributed by atoms with van der Waals surface area (Å²) in [5.74, 6) is 0.807. The van der Waals surface area contributed by atoms with Crippen molar-refractivity contribution in [3.63, 3.8) is 0 Å². The molecule has 1 fully saturated rings. The van der Waals surface area contributed by atoms with Gasteiger partial charge in [-0.2, -0.15) is 0 Å². The fourth-order valence-electron chi connectivity index (χ4n) is 2.50. The maximum Gasteiger partial charge on any atom is 0.205 e. The minimum atomic E-state index is -0.196. The number of rotatable bonds is 3. The van der Waals surface area contributed by atoms with Gasteiger partial charge in [-0.1, -0.05) is 12.1 Å². The third-order valence-electron chi connectivity index (χ3n) is 3.75. The number of aromatic nitrogens is 2. The maximum absolute atomic E-state index is 12.9. The molecule has 0 saturated carbocycles. The highest BCUT2D eigenvalue weighted by molar-refractivity contribution is 5.33. The molecular weight excluding hydrogens is 255 g/mol. The van der Waals surface area contributed by atoms with E-state index in [0.29, 0.717) is 0 Å². The van der Waals surface area contributed by atoms with E-state index in [9.17, 15) is 4.39 Å². The van der Waals surface area contributed by atoms with Crippen molar-refractivity contribution in [2.45, 2.75) is 6.54 Å². The summed E-state index contributed by atoms with van der Waals surface area (Å²) >= 11 is 0. The van der Waals surface area contributed by atoms with Crippen molar-refractivity contribution in [1.29, 1.82) is 0 Å². The van der Waals surface area contributed by atoms with E-state index in [1.807, 2.05) is 24.5 Å². The van der Waals surface area contributed by atoms with E-state index in [1.165, 1.54) is 12.1 Å². The molecule has 2 heterocycles. The van der Waals surface area contributed by atoms with Crippen molar-refractivity contribution in [2.24, 2.45) is 0 Å². The van der Waals surface area contributed by atoms with Crippen LogP contribution >= 0.6 is 0 Å². The van der Waals surface area contributed by atoms with Crippen LogP contribution in [0, 0.1) is 5.82 Å². The number of halogens is 1. The van der Waals surface area contributed by atoms with Gasteiger partial charge in [-0.25, -0.2) is 9.37 Å². The second-order valence-corrected chi connectivity index (χ2v) is 5.27. The molecule has 0 atom stereocenters. The fraction of sp³-hybridized carbons (Fsp3) is 0.400. The fourth-order valence-corrected chi connectivity index (χ4v) is 2.50. The second-order valence-electron chi connectivity index (χ2n) is 5.27. The number of hydrogen-bond donors (Lipinski definition) is 0. The SMILES string of the molecule is CN1CCN(c2nccn2Cc2ccc(F)cc2)CC1. The Kier molecular flexibility index (Phi) is 3.69. The highest BCUT2D eigenvalue weighted by Gasteiger charge is 2.18. The van der Waals surface area contributed by atoms with Gasteiger partial charge in [0.2, 0.25) is 5.95 Å². The van der Waals surface area contributed by atoms with Crippen LogP contribution in [0.25, 0.3) is 0 Å². The van der Waals surface area contributed by atoms with Crippen molar-refractivity contribution in [2.75, 3.05) is 38.1 Å². The maximum atomic E-state index is 12.9. The Morgan fingerprint density at radius 2 is 1.80 bits per heavy atom.